The predicted octanol–water partition coefficient (Wildman–Crippen LogP) is 3.00. The van der Waals surface area contributed by atoms with Gasteiger partial charge in [0.25, 0.3) is 0 Å². The van der Waals surface area contributed by atoms with E-state index in [0.717, 1.165) is 4.47 Å². The normalized spacial score (nSPS) is 13.3. The fraction of sp³-hybridized carbons (Fsp3) is 0.333. The van der Waals surface area contributed by atoms with Crippen molar-refractivity contribution in [1.29, 1.82) is 0 Å². The summed E-state index contributed by atoms with van der Waals surface area (Å²) in [4.78, 5) is 0. The molecular weight excluding hydrogens is 252 g/mol. The minimum atomic E-state index is 0.397. The Morgan fingerprint density at radius 1 is 1.47 bits per heavy atom. The van der Waals surface area contributed by atoms with Gasteiger partial charge in [0.2, 0.25) is 0 Å². The quantitative estimate of drug-likeness (QED) is 0.890. The molecule has 0 spiro atoms. The SMILES string of the molecule is CC(CN)c1cccc2c(Br)cn(C)c12. The van der Waals surface area contributed by atoms with E-state index in [2.05, 4.69) is 58.9 Å². The van der Waals surface area contributed by atoms with Crippen LogP contribution in [0, 0.1) is 0 Å². The summed E-state index contributed by atoms with van der Waals surface area (Å²) in [5, 5.41) is 1.26. The van der Waals surface area contributed by atoms with E-state index in [1.807, 2.05) is 0 Å². The van der Waals surface area contributed by atoms with Crippen LogP contribution < -0.4 is 5.73 Å². The summed E-state index contributed by atoms with van der Waals surface area (Å²) >= 11 is 3.57. The average Bonchev–Trinajstić information content (AvgIpc) is 2.54. The Morgan fingerprint density at radius 3 is 2.87 bits per heavy atom. The molecule has 2 N–H and O–H groups in total. The Bertz CT molecular complexity index is 488. The van der Waals surface area contributed by atoms with Crippen molar-refractivity contribution in [2.24, 2.45) is 12.8 Å². The molecule has 1 aromatic carbocycles. The Labute approximate surface area is 98.2 Å². The highest BCUT2D eigenvalue weighted by Crippen LogP contribution is 2.31. The lowest BCUT2D eigenvalue weighted by atomic mass is 9.99. The van der Waals surface area contributed by atoms with Crippen molar-refractivity contribution < 1.29 is 0 Å². The van der Waals surface area contributed by atoms with E-state index in [4.69, 9.17) is 5.73 Å². The molecule has 1 heterocycles. The zero-order valence-electron chi connectivity index (χ0n) is 9.00. The lowest BCUT2D eigenvalue weighted by Crippen LogP contribution is -2.09. The number of hydrogen-bond acceptors (Lipinski definition) is 1. The van der Waals surface area contributed by atoms with Crippen molar-refractivity contribution in [2.45, 2.75) is 12.8 Å². The third-order valence-electron chi connectivity index (χ3n) is 2.87. The van der Waals surface area contributed by atoms with Crippen LogP contribution in [-0.4, -0.2) is 11.1 Å². The van der Waals surface area contributed by atoms with Gasteiger partial charge in [0.05, 0.1) is 5.52 Å². The van der Waals surface area contributed by atoms with Gasteiger partial charge >= 0.3 is 0 Å². The van der Waals surface area contributed by atoms with E-state index < -0.39 is 0 Å². The average molecular weight is 267 g/mol. The number of nitrogens with two attached hydrogens (primary N) is 1. The van der Waals surface area contributed by atoms with E-state index in [-0.39, 0.29) is 0 Å². The number of rotatable bonds is 2. The van der Waals surface area contributed by atoms with Crippen molar-refractivity contribution >= 4 is 26.8 Å². The van der Waals surface area contributed by atoms with E-state index in [0.29, 0.717) is 12.5 Å². The molecule has 0 saturated heterocycles. The molecule has 0 fully saturated rings. The monoisotopic (exact) mass is 266 g/mol. The Balaban J connectivity index is 2.75. The third-order valence-corrected chi connectivity index (χ3v) is 3.50. The summed E-state index contributed by atoms with van der Waals surface area (Å²) in [6.07, 6.45) is 2.09. The first-order chi connectivity index (χ1) is 7.15. The molecule has 15 heavy (non-hydrogen) atoms. The summed E-state index contributed by atoms with van der Waals surface area (Å²) < 4.78 is 3.30. The summed E-state index contributed by atoms with van der Waals surface area (Å²) in [6, 6.07) is 6.38. The molecule has 1 unspecified atom stereocenters. The van der Waals surface area contributed by atoms with Gasteiger partial charge in [-0.1, -0.05) is 25.1 Å². The van der Waals surface area contributed by atoms with Crippen LogP contribution in [0.15, 0.2) is 28.9 Å². The van der Waals surface area contributed by atoms with Crippen LogP contribution in [0.3, 0.4) is 0 Å². The van der Waals surface area contributed by atoms with Crippen LogP contribution in [0.4, 0.5) is 0 Å². The van der Waals surface area contributed by atoms with Crippen molar-refractivity contribution in [3.05, 3.63) is 34.4 Å². The van der Waals surface area contributed by atoms with Crippen molar-refractivity contribution in [3.63, 3.8) is 0 Å². The molecule has 2 nitrogen and oxygen atoms in total. The lowest BCUT2D eigenvalue weighted by molar-refractivity contribution is 0.773. The Hall–Kier alpha value is -0.800. The second-order valence-electron chi connectivity index (χ2n) is 3.97. The first-order valence-electron chi connectivity index (χ1n) is 5.08. The summed E-state index contributed by atoms with van der Waals surface area (Å²) in [5.41, 5.74) is 8.33. The van der Waals surface area contributed by atoms with Crippen LogP contribution in [0.2, 0.25) is 0 Å². The minimum absolute atomic E-state index is 0.397. The highest BCUT2D eigenvalue weighted by atomic mass is 79.9. The molecule has 1 atom stereocenters. The van der Waals surface area contributed by atoms with Gasteiger partial charge in [-0.15, -0.1) is 0 Å². The molecule has 0 aliphatic rings. The molecule has 0 bridgehead atoms. The molecule has 2 rings (SSSR count). The van der Waals surface area contributed by atoms with E-state index in [9.17, 15) is 0 Å². The van der Waals surface area contributed by atoms with Crippen LogP contribution in [0.5, 0.6) is 0 Å². The smallest absolute Gasteiger partial charge is 0.0525 e. The predicted molar refractivity (Wildman–Crippen MR) is 68.1 cm³/mol. The topological polar surface area (TPSA) is 30.9 Å². The van der Waals surface area contributed by atoms with Gasteiger partial charge in [0.1, 0.15) is 0 Å². The van der Waals surface area contributed by atoms with Gasteiger partial charge in [-0.3, -0.25) is 0 Å². The van der Waals surface area contributed by atoms with Crippen LogP contribution >= 0.6 is 15.9 Å². The maximum Gasteiger partial charge on any atom is 0.0525 e. The molecule has 0 amide bonds. The largest absolute Gasteiger partial charge is 0.349 e. The zero-order valence-corrected chi connectivity index (χ0v) is 10.6. The molecule has 1 aromatic heterocycles. The van der Waals surface area contributed by atoms with Crippen LogP contribution in [0.1, 0.15) is 18.4 Å². The number of aryl methyl sites for hydroxylation is 1. The summed E-state index contributed by atoms with van der Waals surface area (Å²) in [7, 11) is 2.07. The highest BCUT2D eigenvalue weighted by Gasteiger charge is 2.12. The van der Waals surface area contributed by atoms with Gasteiger partial charge in [0.15, 0.2) is 0 Å². The highest BCUT2D eigenvalue weighted by molar-refractivity contribution is 9.10. The number of aromatic nitrogens is 1. The molecule has 80 valence electrons. The van der Waals surface area contributed by atoms with Gasteiger partial charge in [-0.05, 0) is 34.0 Å². The summed E-state index contributed by atoms with van der Waals surface area (Å²) in [5.74, 6) is 0.397. The first-order valence-corrected chi connectivity index (χ1v) is 5.88. The minimum Gasteiger partial charge on any atom is -0.349 e. The number of nitrogens with zero attached hydrogens (tertiary/aromatic N) is 1. The molecule has 0 aliphatic carbocycles. The fourth-order valence-corrected chi connectivity index (χ4v) is 2.60. The maximum atomic E-state index is 5.73. The molecular formula is C12H15BrN2. The number of para-hydroxylation sites is 1. The Morgan fingerprint density at radius 2 is 2.20 bits per heavy atom. The first kappa shape index (κ1) is 10.7. The summed E-state index contributed by atoms with van der Waals surface area (Å²) in [6.45, 7) is 2.84. The van der Waals surface area contributed by atoms with Gasteiger partial charge in [0, 0.05) is 23.1 Å². The number of halogens is 1. The van der Waals surface area contributed by atoms with E-state index in [1.165, 1.54) is 16.5 Å². The zero-order chi connectivity index (χ0) is 11.0. The van der Waals surface area contributed by atoms with Crippen LogP contribution in [-0.2, 0) is 7.05 Å². The standard InChI is InChI=1S/C12H15BrN2/c1-8(6-14)9-4-3-5-10-11(13)7-15(2)12(9)10/h3-5,7-8H,6,14H2,1-2H3. The number of hydrogen-bond donors (Lipinski definition) is 1. The van der Waals surface area contributed by atoms with Crippen molar-refractivity contribution in [1.82, 2.24) is 4.57 Å². The van der Waals surface area contributed by atoms with E-state index >= 15 is 0 Å². The number of benzene rings is 1. The molecule has 0 saturated carbocycles. The number of fused-ring (bicyclic) bond motifs is 1. The van der Waals surface area contributed by atoms with Gasteiger partial charge < -0.3 is 10.3 Å². The molecule has 0 aliphatic heterocycles. The maximum absolute atomic E-state index is 5.73. The lowest BCUT2D eigenvalue weighted by Gasteiger charge is -2.11. The second-order valence-corrected chi connectivity index (χ2v) is 4.82. The second kappa shape index (κ2) is 3.99. The molecule has 3 heteroatoms. The van der Waals surface area contributed by atoms with Crippen molar-refractivity contribution in [2.75, 3.05) is 6.54 Å². The molecule has 2 aromatic rings. The van der Waals surface area contributed by atoms with Crippen LogP contribution in [0.25, 0.3) is 10.9 Å². The van der Waals surface area contributed by atoms with Gasteiger partial charge in [-0.2, -0.15) is 0 Å². The van der Waals surface area contributed by atoms with Crippen molar-refractivity contribution in [3.8, 4) is 0 Å². The van der Waals surface area contributed by atoms with Gasteiger partial charge in [-0.25, -0.2) is 0 Å². The third kappa shape index (κ3) is 1.70. The Kier molecular flexibility index (Phi) is 2.85. The van der Waals surface area contributed by atoms with E-state index in [1.54, 1.807) is 0 Å². The fourth-order valence-electron chi connectivity index (χ4n) is 1.98. The molecule has 0 radical (unpaired) electrons.